The molecule has 0 radical (unpaired) electrons. The van der Waals surface area contributed by atoms with Crippen molar-refractivity contribution in [2.24, 2.45) is 5.73 Å². The van der Waals surface area contributed by atoms with Crippen molar-refractivity contribution < 1.29 is 9.26 Å². The number of rotatable bonds is 3. The molecule has 0 aromatic carbocycles. The van der Waals surface area contributed by atoms with E-state index < -0.39 is 5.60 Å². The highest BCUT2D eigenvalue weighted by molar-refractivity contribution is 5.12. The van der Waals surface area contributed by atoms with Gasteiger partial charge in [-0.1, -0.05) is 5.16 Å². The lowest BCUT2D eigenvalue weighted by Crippen LogP contribution is -2.34. The highest BCUT2D eigenvalue weighted by Gasteiger charge is 2.27. The van der Waals surface area contributed by atoms with Gasteiger partial charge >= 0.3 is 0 Å². The second-order valence-corrected chi connectivity index (χ2v) is 2.96. The normalized spacial score (nSPS) is 16.0. The number of methoxy groups -OCH3 is 1. The first-order chi connectivity index (χ1) is 5.62. The molecule has 2 N–H and O–H groups in total. The molecular weight excluding hydrogens is 156 g/mol. The van der Waals surface area contributed by atoms with Gasteiger partial charge in [0.25, 0.3) is 0 Å². The lowest BCUT2D eigenvalue weighted by molar-refractivity contribution is 0.00401. The Morgan fingerprint density at radius 1 is 1.75 bits per heavy atom. The Morgan fingerprint density at radius 2 is 2.42 bits per heavy atom. The summed E-state index contributed by atoms with van der Waals surface area (Å²) in [7, 11) is 1.61. The molecule has 0 fully saturated rings. The van der Waals surface area contributed by atoms with Crippen LogP contribution in [0.1, 0.15) is 18.4 Å². The zero-order valence-corrected chi connectivity index (χ0v) is 7.63. The summed E-state index contributed by atoms with van der Waals surface area (Å²) < 4.78 is 10.2. The second-order valence-electron chi connectivity index (χ2n) is 2.96. The third-order valence-electron chi connectivity index (χ3n) is 2.01. The van der Waals surface area contributed by atoms with Crippen LogP contribution in [0.5, 0.6) is 0 Å². The van der Waals surface area contributed by atoms with Gasteiger partial charge in [-0.15, -0.1) is 0 Å². The van der Waals surface area contributed by atoms with Gasteiger partial charge in [0, 0.05) is 19.7 Å². The van der Waals surface area contributed by atoms with Crippen molar-refractivity contribution in [2.75, 3.05) is 13.7 Å². The van der Waals surface area contributed by atoms with Crippen LogP contribution in [0.25, 0.3) is 0 Å². The zero-order valence-electron chi connectivity index (χ0n) is 7.63. The average molecular weight is 170 g/mol. The zero-order chi connectivity index (χ0) is 9.19. The molecule has 4 heteroatoms. The number of ether oxygens (including phenoxy) is 1. The van der Waals surface area contributed by atoms with Crippen molar-refractivity contribution in [3.05, 3.63) is 17.5 Å². The van der Waals surface area contributed by atoms with Gasteiger partial charge in [-0.2, -0.15) is 0 Å². The summed E-state index contributed by atoms with van der Waals surface area (Å²) in [6.07, 6.45) is 0. The molecule has 0 aliphatic heterocycles. The van der Waals surface area contributed by atoms with Crippen LogP contribution in [-0.4, -0.2) is 18.8 Å². The van der Waals surface area contributed by atoms with Gasteiger partial charge in [0.15, 0.2) is 0 Å². The largest absolute Gasteiger partial charge is 0.371 e. The molecular formula is C8H14N2O2. The molecule has 0 saturated heterocycles. The maximum atomic E-state index is 5.55. The van der Waals surface area contributed by atoms with E-state index in [9.17, 15) is 0 Å². The van der Waals surface area contributed by atoms with E-state index >= 15 is 0 Å². The van der Waals surface area contributed by atoms with Crippen LogP contribution in [-0.2, 0) is 10.3 Å². The number of aromatic nitrogens is 1. The van der Waals surface area contributed by atoms with Crippen LogP contribution in [0, 0.1) is 6.92 Å². The van der Waals surface area contributed by atoms with Crippen LogP contribution in [0.15, 0.2) is 10.6 Å². The van der Waals surface area contributed by atoms with Crippen molar-refractivity contribution in [3.8, 4) is 0 Å². The molecule has 0 amide bonds. The molecule has 0 saturated carbocycles. The van der Waals surface area contributed by atoms with E-state index in [1.165, 1.54) is 0 Å². The molecule has 4 nitrogen and oxygen atoms in total. The lowest BCUT2D eigenvalue weighted by atomic mass is 10.0. The fourth-order valence-corrected chi connectivity index (χ4v) is 0.908. The van der Waals surface area contributed by atoms with E-state index in [2.05, 4.69) is 5.16 Å². The van der Waals surface area contributed by atoms with Crippen molar-refractivity contribution in [1.29, 1.82) is 0 Å². The molecule has 0 aliphatic rings. The van der Waals surface area contributed by atoms with Gasteiger partial charge in [-0.3, -0.25) is 0 Å². The van der Waals surface area contributed by atoms with Crippen molar-refractivity contribution in [2.45, 2.75) is 19.4 Å². The fourth-order valence-electron chi connectivity index (χ4n) is 0.908. The van der Waals surface area contributed by atoms with Crippen LogP contribution in [0.2, 0.25) is 0 Å². The SMILES string of the molecule is COC(C)(CN)c1cc(C)on1. The third kappa shape index (κ3) is 1.49. The Hall–Kier alpha value is -0.870. The van der Waals surface area contributed by atoms with E-state index in [1.807, 2.05) is 19.9 Å². The highest BCUT2D eigenvalue weighted by Crippen LogP contribution is 2.22. The van der Waals surface area contributed by atoms with E-state index in [-0.39, 0.29) is 0 Å². The molecule has 1 aromatic heterocycles. The summed E-state index contributed by atoms with van der Waals surface area (Å²) in [5, 5.41) is 3.85. The molecule has 1 unspecified atom stereocenters. The Morgan fingerprint density at radius 3 is 2.75 bits per heavy atom. The summed E-state index contributed by atoms with van der Waals surface area (Å²) in [5.74, 6) is 0.765. The summed E-state index contributed by atoms with van der Waals surface area (Å²) in [5.41, 5.74) is 5.76. The molecule has 1 rings (SSSR count). The maximum absolute atomic E-state index is 5.55. The minimum Gasteiger partial charge on any atom is -0.371 e. The predicted octanol–water partition coefficient (Wildman–Crippen LogP) is 0.803. The molecule has 1 heterocycles. The van der Waals surface area contributed by atoms with Gasteiger partial charge in [0.1, 0.15) is 17.1 Å². The third-order valence-corrected chi connectivity index (χ3v) is 2.01. The minimum atomic E-state index is -0.530. The Kier molecular flexibility index (Phi) is 2.49. The lowest BCUT2D eigenvalue weighted by Gasteiger charge is -2.22. The van der Waals surface area contributed by atoms with Crippen molar-refractivity contribution in [3.63, 3.8) is 0 Å². The Labute approximate surface area is 71.7 Å². The van der Waals surface area contributed by atoms with Gasteiger partial charge in [-0.05, 0) is 13.8 Å². The first-order valence-corrected chi connectivity index (χ1v) is 3.81. The number of hydrogen-bond acceptors (Lipinski definition) is 4. The van der Waals surface area contributed by atoms with E-state index in [4.69, 9.17) is 15.0 Å². The van der Waals surface area contributed by atoms with Gasteiger partial charge in [0.2, 0.25) is 0 Å². The van der Waals surface area contributed by atoms with Crippen LogP contribution >= 0.6 is 0 Å². The van der Waals surface area contributed by atoms with Gasteiger partial charge in [-0.25, -0.2) is 0 Å². The van der Waals surface area contributed by atoms with Crippen LogP contribution in [0.4, 0.5) is 0 Å². The molecule has 1 aromatic rings. The summed E-state index contributed by atoms with van der Waals surface area (Å²) in [4.78, 5) is 0. The monoisotopic (exact) mass is 170 g/mol. The highest BCUT2D eigenvalue weighted by atomic mass is 16.5. The average Bonchev–Trinajstić information content (AvgIpc) is 2.51. The molecule has 1 atom stereocenters. The van der Waals surface area contributed by atoms with E-state index in [1.54, 1.807) is 7.11 Å². The Bertz CT molecular complexity index is 253. The standard InChI is InChI=1S/C8H14N2O2/c1-6-4-7(10-12-6)8(2,5-9)11-3/h4H,5,9H2,1-3H3. The van der Waals surface area contributed by atoms with Gasteiger partial charge < -0.3 is 15.0 Å². The number of nitrogens with two attached hydrogens (primary N) is 1. The Balaban J connectivity index is 2.94. The van der Waals surface area contributed by atoms with Crippen molar-refractivity contribution in [1.82, 2.24) is 5.16 Å². The molecule has 0 spiro atoms. The molecule has 0 bridgehead atoms. The smallest absolute Gasteiger partial charge is 0.134 e. The van der Waals surface area contributed by atoms with Crippen LogP contribution < -0.4 is 5.73 Å². The second kappa shape index (κ2) is 3.25. The maximum Gasteiger partial charge on any atom is 0.134 e. The minimum absolute atomic E-state index is 0.384. The van der Waals surface area contributed by atoms with Gasteiger partial charge in [0.05, 0.1) is 0 Å². The topological polar surface area (TPSA) is 61.3 Å². The quantitative estimate of drug-likeness (QED) is 0.729. The summed E-state index contributed by atoms with van der Waals surface area (Å²) >= 11 is 0. The predicted molar refractivity (Wildman–Crippen MR) is 44.7 cm³/mol. The first kappa shape index (κ1) is 9.22. The molecule has 12 heavy (non-hydrogen) atoms. The fraction of sp³-hybridized carbons (Fsp3) is 0.625. The van der Waals surface area contributed by atoms with E-state index in [0.29, 0.717) is 6.54 Å². The number of nitrogens with zero attached hydrogens (tertiary/aromatic N) is 1. The summed E-state index contributed by atoms with van der Waals surface area (Å²) in [6, 6.07) is 1.83. The van der Waals surface area contributed by atoms with Crippen molar-refractivity contribution >= 4 is 0 Å². The number of hydrogen-bond donors (Lipinski definition) is 1. The summed E-state index contributed by atoms with van der Waals surface area (Å²) in [6.45, 7) is 4.10. The number of aryl methyl sites for hydroxylation is 1. The van der Waals surface area contributed by atoms with Crippen LogP contribution in [0.3, 0.4) is 0 Å². The first-order valence-electron chi connectivity index (χ1n) is 3.81. The molecule has 0 aliphatic carbocycles. The van der Waals surface area contributed by atoms with E-state index in [0.717, 1.165) is 11.5 Å². The molecule has 68 valence electrons.